The van der Waals surface area contributed by atoms with E-state index < -0.39 is 22.0 Å². The van der Waals surface area contributed by atoms with E-state index in [-0.39, 0.29) is 10.6 Å². The fraction of sp³-hybridized carbons (Fsp3) is 0.316. The van der Waals surface area contributed by atoms with Crippen LogP contribution in [0, 0.1) is 6.92 Å². The molecule has 0 saturated carbocycles. The molecule has 28 heavy (non-hydrogen) atoms. The molecule has 0 bridgehead atoms. The fourth-order valence-electron chi connectivity index (χ4n) is 2.38. The highest BCUT2D eigenvalue weighted by Crippen LogP contribution is 2.29. The number of carbonyl (C=O) groups excluding carboxylic acids is 1. The van der Waals surface area contributed by atoms with Gasteiger partial charge in [-0.25, -0.2) is 12.7 Å². The van der Waals surface area contributed by atoms with Crippen LogP contribution in [-0.4, -0.2) is 45.9 Å². The number of rotatable bonds is 7. The van der Waals surface area contributed by atoms with Gasteiger partial charge in [0.15, 0.2) is 6.10 Å². The summed E-state index contributed by atoms with van der Waals surface area (Å²) >= 11 is 5.93. The smallest absolute Gasteiger partial charge is 0.265 e. The molecule has 0 aromatic heterocycles. The van der Waals surface area contributed by atoms with Crippen LogP contribution in [0.1, 0.15) is 12.5 Å². The van der Waals surface area contributed by atoms with Crippen molar-refractivity contribution >= 4 is 33.2 Å². The van der Waals surface area contributed by atoms with Gasteiger partial charge in [0.25, 0.3) is 5.91 Å². The van der Waals surface area contributed by atoms with Crippen LogP contribution in [0.15, 0.2) is 41.3 Å². The third kappa shape index (κ3) is 4.95. The van der Waals surface area contributed by atoms with Gasteiger partial charge in [-0.15, -0.1) is 0 Å². The van der Waals surface area contributed by atoms with E-state index in [9.17, 15) is 13.2 Å². The first-order chi connectivity index (χ1) is 13.1. The third-order valence-corrected chi connectivity index (χ3v) is 6.06. The molecular formula is C19H23ClN2O5S. The van der Waals surface area contributed by atoms with E-state index in [2.05, 4.69) is 5.32 Å². The zero-order valence-electron chi connectivity index (χ0n) is 16.3. The molecule has 1 amide bonds. The van der Waals surface area contributed by atoms with Gasteiger partial charge in [-0.1, -0.05) is 11.6 Å². The Labute approximate surface area is 170 Å². The van der Waals surface area contributed by atoms with Gasteiger partial charge in [-0.2, -0.15) is 0 Å². The van der Waals surface area contributed by atoms with Gasteiger partial charge >= 0.3 is 0 Å². The molecule has 2 rings (SSSR count). The van der Waals surface area contributed by atoms with Gasteiger partial charge in [-0.05, 0) is 55.8 Å². The van der Waals surface area contributed by atoms with E-state index in [0.717, 1.165) is 9.87 Å². The first-order valence-corrected chi connectivity index (χ1v) is 10.2. The number of sulfonamides is 1. The zero-order chi connectivity index (χ0) is 21.1. The van der Waals surface area contributed by atoms with Crippen molar-refractivity contribution in [3.8, 4) is 11.5 Å². The highest BCUT2D eigenvalue weighted by molar-refractivity contribution is 7.89. The summed E-state index contributed by atoms with van der Waals surface area (Å²) in [6.45, 7) is 3.42. The lowest BCUT2D eigenvalue weighted by molar-refractivity contribution is -0.122. The lowest BCUT2D eigenvalue weighted by Crippen LogP contribution is -2.30. The van der Waals surface area contributed by atoms with E-state index >= 15 is 0 Å². The third-order valence-electron chi connectivity index (χ3n) is 4.02. The van der Waals surface area contributed by atoms with Crippen molar-refractivity contribution in [3.63, 3.8) is 0 Å². The number of amides is 1. The van der Waals surface area contributed by atoms with Crippen LogP contribution in [0.25, 0.3) is 0 Å². The quantitative estimate of drug-likeness (QED) is 0.734. The molecule has 0 fully saturated rings. The Morgan fingerprint density at radius 3 is 2.36 bits per heavy atom. The van der Waals surface area contributed by atoms with Crippen molar-refractivity contribution in [2.24, 2.45) is 0 Å². The first kappa shape index (κ1) is 22.0. The summed E-state index contributed by atoms with van der Waals surface area (Å²) < 4.78 is 36.7. The minimum atomic E-state index is -3.66. The van der Waals surface area contributed by atoms with Gasteiger partial charge in [0, 0.05) is 19.1 Å². The highest BCUT2D eigenvalue weighted by atomic mass is 35.5. The molecule has 0 aliphatic heterocycles. The minimum absolute atomic E-state index is 0.0377. The molecule has 0 saturated heterocycles. The van der Waals surface area contributed by atoms with Crippen molar-refractivity contribution in [1.29, 1.82) is 0 Å². The number of anilines is 1. The van der Waals surface area contributed by atoms with E-state index in [1.54, 1.807) is 25.1 Å². The summed E-state index contributed by atoms with van der Waals surface area (Å²) in [6.07, 6.45) is -0.835. The molecular weight excluding hydrogens is 404 g/mol. The van der Waals surface area contributed by atoms with Crippen molar-refractivity contribution in [2.45, 2.75) is 24.8 Å². The minimum Gasteiger partial charge on any atom is -0.495 e. The average Bonchev–Trinajstić information content (AvgIpc) is 2.63. The number of carbonyl (C=O) groups is 1. The Kier molecular flexibility index (Phi) is 6.92. The predicted molar refractivity (Wildman–Crippen MR) is 109 cm³/mol. The maximum absolute atomic E-state index is 12.6. The maximum atomic E-state index is 12.6. The molecule has 0 spiro atoms. The van der Waals surface area contributed by atoms with Crippen molar-refractivity contribution in [3.05, 3.63) is 47.0 Å². The van der Waals surface area contributed by atoms with Crippen LogP contribution < -0.4 is 14.8 Å². The summed E-state index contributed by atoms with van der Waals surface area (Å²) in [5, 5.41) is 3.24. The van der Waals surface area contributed by atoms with E-state index in [1.807, 2.05) is 6.92 Å². The van der Waals surface area contributed by atoms with Crippen LogP contribution in [0.5, 0.6) is 11.5 Å². The number of benzene rings is 2. The second-order valence-electron chi connectivity index (χ2n) is 6.31. The first-order valence-electron chi connectivity index (χ1n) is 8.40. The van der Waals surface area contributed by atoms with Crippen LogP contribution >= 0.6 is 11.6 Å². The average molecular weight is 427 g/mol. The Bertz CT molecular complexity index is 976. The number of methoxy groups -OCH3 is 1. The fourth-order valence-corrected chi connectivity index (χ4v) is 3.53. The molecule has 0 aliphatic rings. The number of aryl methyl sites for hydroxylation is 1. The van der Waals surface area contributed by atoms with Crippen LogP contribution in [0.3, 0.4) is 0 Å². The van der Waals surface area contributed by atoms with Crippen LogP contribution in [0.2, 0.25) is 5.02 Å². The molecule has 0 unspecified atom stereocenters. The SMILES string of the molecule is COc1ccc(S(=O)(=O)N(C)C)cc1NC(=O)[C@H](C)Oc1ccc(Cl)cc1C. The van der Waals surface area contributed by atoms with Gasteiger partial charge in [0.05, 0.1) is 17.7 Å². The normalized spacial score (nSPS) is 12.5. The number of nitrogens with zero attached hydrogens (tertiary/aromatic N) is 1. The van der Waals surface area contributed by atoms with Crippen molar-refractivity contribution in [1.82, 2.24) is 4.31 Å². The monoisotopic (exact) mass is 426 g/mol. The molecule has 1 atom stereocenters. The van der Waals surface area contributed by atoms with E-state index in [0.29, 0.717) is 16.5 Å². The van der Waals surface area contributed by atoms with Crippen molar-refractivity contribution < 1.29 is 22.7 Å². The number of ether oxygens (including phenoxy) is 2. The maximum Gasteiger partial charge on any atom is 0.265 e. The summed E-state index contributed by atoms with van der Waals surface area (Å²) in [5.74, 6) is 0.413. The summed E-state index contributed by atoms with van der Waals surface area (Å²) in [7, 11) is 0.642. The lowest BCUT2D eigenvalue weighted by atomic mass is 10.2. The second kappa shape index (κ2) is 8.81. The molecule has 7 nitrogen and oxygen atoms in total. The number of hydrogen-bond acceptors (Lipinski definition) is 5. The van der Waals surface area contributed by atoms with Gasteiger partial charge in [0.2, 0.25) is 10.0 Å². The molecule has 2 aromatic carbocycles. The molecule has 0 radical (unpaired) electrons. The Hall–Kier alpha value is -2.29. The van der Waals surface area contributed by atoms with Crippen LogP contribution in [-0.2, 0) is 14.8 Å². The Morgan fingerprint density at radius 2 is 1.79 bits per heavy atom. The molecule has 0 aliphatic carbocycles. The number of halogens is 1. The largest absolute Gasteiger partial charge is 0.495 e. The topological polar surface area (TPSA) is 84.9 Å². The number of hydrogen-bond donors (Lipinski definition) is 1. The lowest BCUT2D eigenvalue weighted by Gasteiger charge is -2.18. The van der Waals surface area contributed by atoms with Crippen LogP contribution in [0.4, 0.5) is 5.69 Å². The van der Waals surface area contributed by atoms with Gasteiger partial charge in [-0.3, -0.25) is 4.79 Å². The van der Waals surface area contributed by atoms with Gasteiger partial charge in [0.1, 0.15) is 11.5 Å². The van der Waals surface area contributed by atoms with Crippen molar-refractivity contribution in [2.75, 3.05) is 26.5 Å². The molecule has 2 aromatic rings. The summed E-state index contributed by atoms with van der Waals surface area (Å²) in [4.78, 5) is 12.6. The van der Waals surface area contributed by atoms with E-state index in [1.165, 1.54) is 39.4 Å². The highest BCUT2D eigenvalue weighted by Gasteiger charge is 2.22. The zero-order valence-corrected chi connectivity index (χ0v) is 17.9. The molecule has 1 N–H and O–H groups in total. The molecule has 152 valence electrons. The second-order valence-corrected chi connectivity index (χ2v) is 8.90. The molecule has 9 heteroatoms. The Balaban J connectivity index is 2.24. The van der Waals surface area contributed by atoms with E-state index in [4.69, 9.17) is 21.1 Å². The summed E-state index contributed by atoms with van der Waals surface area (Å²) in [6, 6.07) is 9.35. The molecule has 0 heterocycles. The number of nitrogens with one attached hydrogen (secondary N) is 1. The predicted octanol–water partition coefficient (Wildman–Crippen LogP) is 3.31. The summed E-state index contributed by atoms with van der Waals surface area (Å²) in [5.41, 5.74) is 1.03. The van der Waals surface area contributed by atoms with Gasteiger partial charge < -0.3 is 14.8 Å². The standard InChI is InChI=1S/C19H23ClN2O5S/c1-12-10-14(20)6-8-17(12)27-13(2)19(23)21-16-11-15(7-9-18(16)26-5)28(24,25)22(3)4/h6-11,13H,1-5H3,(H,21,23)/t13-/m0/s1. The Morgan fingerprint density at radius 1 is 1.14 bits per heavy atom.